The van der Waals surface area contributed by atoms with E-state index in [0.29, 0.717) is 0 Å². The highest BCUT2D eigenvalue weighted by atomic mass is 16.5. The molecule has 0 radical (unpaired) electrons. The molecule has 0 aliphatic carbocycles. The number of rotatable bonds is 9. The van der Waals surface area contributed by atoms with Crippen LogP contribution in [-0.4, -0.2) is 65.9 Å². The SMILES string of the molecule is CN=C(NCCCOC)NCC(c1ccccc1OC)N(C)C. The van der Waals surface area contributed by atoms with Gasteiger partial charge in [-0.2, -0.15) is 0 Å². The number of benzene rings is 1. The topological polar surface area (TPSA) is 58.1 Å². The van der Waals surface area contributed by atoms with E-state index in [9.17, 15) is 0 Å². The average Bonchev–Trinajstić information content (AvgIpc) is 2.57. The van der Waals surface area contributed by atoms with Gasteiger partial charge in [0.2, 0.25) is 0 Å². The zero-order valence-electron chi connectivity index (χ0n) is 14.9. The van der Waals surface area contributed by atoms with Gasteiger partial charge in [-0.25, -0.2) is 0 Å². The van der Waals surface area contributed by atoms with Crippen LogP contribution in [0.1, 0.15) is 18.0 Å². The van der Waals surface area contributed by atoms with Crippen molar-refractivity contribution in [2.45, 2.75) is 12.5 Å². The molecule has 0 saturated carbocycles. The quantitative estimate of drug-likeness (QED) is 0.410. The summed E-state index contributed by atoms with van der Waals surface area (Å²) in [7, 11) is 9.32. The maximum Gasteiger partial charge on any atom is 0.191 e. The Hall–Kier alpha value is -1.79. The van der Waals surface area contributed by atoms with Gasteiger partial charge in [-0.15, -0.1) is 0 Å². The van der Waals surface area contributed by atoms with E-state index in [-0.39, 0.29) is 6.04 Å². The third-order valence-electron chi connectivity index (χ3n) is 3.63. The number of hydrogen-bond acceptors (Lipinski definition) is 4. The van der Waals surface area contributed by atoms with Crippen LogP contribution in [0.4, 0.5) is 0 Å². The molecule has 0 bridgehead atoms. The molecule has 1 aromatic carbocycles. The summed E-state index contributed by atoms with van der Waals surface area (Å²) in [6.07, 6.45) is 0.945. The van der Waals surface area contributed by atoms with E-state index >= 15 is 0 Å². The number of likely N-dealkylation sites (N-methyl/N-ethyl adjacent to an activating group) is 1. The predicted molar refractivity (Wildman–Crippen MR) is 95.3 cm³/mol. The highest BCUT2D eigenvalue weighted by Gasteiger charge is 2.18. The highest BCUT2D eigenvalue weighted by Crippen LogP contribution is 2.27. The van der Waals surface area contributed by atoms with Crippen LogP contribution in [0.25, 0.3) is 0 Å². The Morgan fingerprint density at radius 3 is 2.57 bits per heavy atom. The number of hydrogen-bond donors (Lipinski definition) is 2. The van der Waals surface area contributed by atoms with Crippen LogP contribution in [0.15, 0.2) is 29.3 Å². The predicted octanol–water partition coefficient (Wildman–Crippen LogP) is 1.50. The number of nitrogens with zero attached hydrogens (tertiary/aromatic N) is 2. The van der Waals surface area contributed by atoms with Gasteiger partial charge in [0.1, 0.15) is 5.75 Å². The Balaban J connectivity index is 2.66. The molecule has 130 valence electrons. The van der Waals surface area contributed by atoms with Gasteiger partial charge >= 0.3 is 0 Å². The molecule has 1 atom stereocenters. The number of aliphatic imine (C=N–C) groups is 1. The second kappa shape index (κ2) is 10.9. The summed E-state index contributed by atoms with van der Waals surface area (Å²) in [5, 5.41) is 6.67. The first-order valence-electron chi connectivity index (χ1n) is 7.86. The zero-order valence-corrected chi connectivity index (χ0v) is 14.9. The molecule has 6 heteroatoms. The minimum atomic E-state index is 0.184. The van der Waals surface area contributed by atoms with Crippen molar-refractivity contribution in [3.8, 4) is 5.75 Å². The van der Waals surface area contributed by atoms with Gasteiger partial charge in [0, 0.05) is 39.4 Å². The van der Waals surface area contributed by atoms with Crippen LogP contribution in [-0.2, 0) is 4.74 Å². The smallest absolute Gasteiger partial charge is 0.191 e. The lowest BCUT2D eigenvalue weighted by atomic mass is 10.0. The number of ether oxygens (including phenoxy) is 2. The van der Waals surface area contributed by atoms with Crippen LogP contribution in [0.2, 0.25) is 0 Å². The molecule has 0 aliphatic rings. The summed E-state index contributed by atoms with van der Waals surface area (Å²) >= 11 is 0. The highest BCUT2D eigenvalue weighted by molar-refractivity contribution is 5.79. The normalized spacial score (nSPS) is 13.0. The lowest BCUT2D eigenvalue weighted by Crippen LogP contribution is -2.42. The summed E-state index contributed by atoms with van der Waals surface area (Å²) in [4.78, 5) is 6.43. The Bertz CT molecular complexity index is 477. The minimum absolute atomic E-state index is 0.184. The van der Waals surface area contributed by atoms with Gasteiger partial charge in [-0.1, -0.05) is 18.2 Å². The third kappa shape index (κ3) is 6.46. The molecule has 6 nitrogen and oxygen atoms in total. The van der Waals surface area contributed by atoms with E-state index in [1.54, 1.807) is 21.3 Å². The first-order valence-corrected chi connectivity index (χ1v) is 7.86. The van der Waals surface area contributed by atoms with Crippen molar-refractivity contribution in [1.29, 1.82) is 0 Å². The van der Waals surface area contributed by atoms with Crippen molar-refractivity contribution < 1.29 is 9.47 Å². The fraction of sp³-hybridized carbons (Fsp3) is 0.588. The molecule has 0 aliphatic heterocycles. The Kier molecular flexibility index (Phi) is 9.09. The molecular formula is C17H30N4O2. The molecule has 1 aromatic rings. The zero-order chi connectivity index (χ0) is 17.1. The number of para-hydroxylation sites is 1. The van der Waals surface area contributed by atoms with Crippen molar-refractivity contribution in [3.63, 3.8) is 0 Å². The maximum absolute atomic E-state index is 5.49. The molecule has 0 spiro atoms. The van der Waals surface area contributed by atoms with E-state index in [2.05, 4.69) is 40.7 Å². The molecule has 2 N–H and O–H groups in total. The van der Waals surface area contributed by atoms with E-state index in [0.717, 1.165) is 43.4 Å². The average molecular weight is 322 g/mol. The Morgan fingerprint density at radius 1 is 1.22 bits per heavy atom. The number of methoxy groups -OCH3 is 2. The van der Waals surface area contributed by atoms with Crippen molar-refractivity contribution in [2.75, 3.05) is 55.1 Å². The Morgan fingerprint density at radius 2 is 1.96 bits per heavy atom. The van der Waals surface area contributed by atoms with Crippen LogP contribution in [0.3, 0.4) is 0 Å². The summed E-state index contributed by atoms with van der Waals surface area (Å²) in [6, 6.07) is 8.29. The first-order chi connectivity index (χ1) is 11.1. The lowest BCUT2D eigenvalue weighted by Gasteiger charge is -2.27. The van der Waals surface area contributed by atoms with Gasteiger partial charge in [0.15, 0.2) is 5.96 Å². The molecule has 0 amide bonds. The maximum atomic E-state index is 5.49. The summed E-state index contributed by atoms with van der Waals surface area (Å²) in [6.45, 7) is 2.30. The summed E-state index contributed by atoms with van der Waals surface area (Å²) in [5.41, 5.74) is 1.15. The van der Waals surface area contributed by atoms with Gasteiger partial charge in [-0.3, -0.25) is 4.99 Å². The molecule has 0 fully saturated rings. The number of guanidine groups is 1. The lowest BCUT2D eigenvalue weighted by molar-refractivity contribution is 0.195. The molecule has 0 aromatic heterocycles. The summed E-state index contributed by atoms with van der Waals surface area (Å²) < 4.78 is 10.5. The third-order valence-corrected chi connectivity index (χ3v) is 3.63. The van der Waals surface area contributed by atoms with Crippen LogP contribution in [0, 0.1) is 0 Å². The fourth-order valence-corrected chi connectivity index (χ4v) is 2.35. The molecule has 0 heterocycles. The largest absolute Gasteiger partial charge is 0.496 e. The minimum Gasteiger partial charge on any atom is -0.496 e. The van der Waals surface area contributed by atoms with Crippen LogP contribution < -0.4 is 15.4 Å². The Labute approximate surface area is 139 Å². The van der Waals surface area contributed by atoms with E-state index in [4.69, 9.17) is 9.47 Å². The van der Waals surface area contributed by atoms with Crippen LogP contribution >= 0.6 is 0 Å². The molecular weight excluding hydrogens is 292 g/mol. The van der Waals surface area contributed by atoms with Gasteiger partial charge in [0.05, 0.1) is 13.2 Å². The second-order valence-electron chi connectivity index (χ2n) is 5.45. The second-order valence-corrected chi connectivity index (χ2v) is 5.45. The summed E-state index contributed by atoms with van der Waals surface area (Å²) in [5.74, 6) is 1.69. The van der Waals surface area contributed by atoms with Gasteiger partial charge < -0.3 is 25.0 Å². The van der Waals surface area contributed by atoms with E-state index in [1.165, 1.54) is 0 Å². The first kappa shape index (κ1) is 19.3. The fourth-order valence-electron chi connectivity index (χ4n) is 2.35. The van der Waals surface area contributed by atoms with Crippen molar-refractivity contribution in [1.82, 2.24) is 15.5 Å². The van der Waals surface area contributed by atoms with E-state index in [1.807, 2.05) is 18.2 Å². The van der Waals surface area contributed by atoms with Crippen molar-refractivity contribution in [3.05, 3.63) is 29.8 Å². The standard InChI is InChI=1S/C17H30N4O2/c1-18-17(19-11-8-12-22-4)20-13-15(21(2)3)14-9-6-7-10-16(14)23-5/h6-7,9-10,15H,8,11-13H2,1-5H3,(H2,18,19,20). The molecule has 1 unspecified atom stereocenters. The van der Waals surface area contributed by atoms with Gasteiger partial charge in [-0.05, 0) is 26.6 Å². The van der Waals surface area contributed by atoms with Crippen LogP contribution in [0.5, 0.6) is 5.75 Å². The van der Waals surface area contributed by atoms with Gasteiger partial charge in [0.25, 0.3) is 0 Å². The molecule has 1 rings (SSSR count). The monoisotopic (exact) mass is 322 g/mol. The van der Waals surface area contributed by atoms with Crippen molar-refractivity contribution in [2.24, 2.45) is 4.99 Å². The molecule has 0 saturated heterocycles. The van der Waals surface area contributed by atoms with E-state index < -0.39 is 0 Å². The number of nitrogens with one attached hydrogen (secondary N) is 2. The van der Waals surface area contributed by atoms with Crippen molar-refractivity contribution >= 4 is 5.96 Å². The molecule has 23 heavy (non-hydrogen) atoms.